The van der Waals surface area contributed by atoms with E-state index in [9.17, 15) is 29.4 Å². The van der Waals surface area contributed by atoms with E-state index in [0.717, 1.165) is 12.0 Å². The van der Waals surface area contributed by atoms with Crippen LogP contribution in [0.1, 0.15) is 36.4 Å². The molecule has 2 atom stereocenters. The molecule has 1 saturated carbocycles. The molecule has 0 N–H and O–H groups in total. The van der Waals surface area contributed by atoms with Crippen molar-refractivity contribution in [1.82, 2.24) is 5.01 Å². The summed E-state index contributed by atoms with van der Waals surface area (Å²) in [6.07, 6.45) is 3.92. The van der Waals surface area contributed by atoms with E-state index in [0.29, 0.717) is 29.7 Å². The number of halogens is 1. The second-order valence-corrected chi connectivity index (χ2v) is 9.26. The van der Waals surface area contributed by atoms with Gasteiger partial charge in [-0.1, -0.05) is 36.4 Å². The Balaban J connectivity index is 1.51. The van der Waals surface area contributed by atoms with Gasteiger partial charge in [0.1, 0.15) is 0 Å². The predicted molar refractivity (Wildman–Crippen MR) is 140 cm³/mol. The number of ether oxygens (including phenoxy) is 1. The van der Waals surface area contributed by atoms with Gasteiger partial charge in [-0.2, -0.15) is 5.10 Å². The highest BCUT2D eigenvalue weighted by atomic mass is 19.1. The van der Waals surface area contributed by atoms with Crippen LogP contribution < -0.4 is 4.74 Å². The fraction of sp³-hybridized carbons (Fsp3) is 0.214. The molecule has 1 heterocycles. The number of non-ortho nitro benzene ring substituents is 2. The monoisotopic (exact) mass is 530 g/mol. The quantitative estimate of drug-likeness (QED) is 0.279. The lowest BCUT2D eigenvalue weighted by molar-refractivity contribution is -0.385. The van der Waals surface area contributed by atoms with Gasteiger partial charge < -0.3 is 4.74 Å². The summed E-state index contributed by atoms with van der Waals surface area (Å²) in [5.41, 5.74) is 2.49. The molecule has 11 heteroatoms. The first-order valence-electron chi connectivity index (χ1n) is 12.3. The van der Waals surface area contributed by atoms with Crippen LogP contribution in [0.15, 0.2) is 83.5 Å². The van der Waals surface area contributed by atoms with Gasteiger partial charge in [-0.05, 0) is 54.2 Å². The molecule has 0 radical (unpaired) electrons. The molecule has 10 nitrogen and oxygen atoms in total. The minimum atomic E-state index is -0.634. The number of nitro benzene ring substituents is 2. The van der Waals surface area contributed by atoms with Crippen molar-refractivity contribution < 1.29 is 23.8 Å². The van der Waals surface area contributed by atoms with Gasteiger partial charge in [0.2, 0.25) is 0 Å². The summed E-state index contributed by atoms with van der Waals surface area (Å²) >= 11 is 0. The van der Waals surface area contributed by atoms with Crippen LogP contribution in [0.25, 0.3) is 6.08 Å². The first-order chi connectivity index (χ1) is 18.8. The average molecular weight is 531 g/mol. The first-order valence-corrected chi connectivity index (χ1v) is 12.3. The number of nitrogens with zero attached hydrogens (tertiary/aromatic N) is 4. The zero-order chi connectivity index (χ0) is 27.5. The second kappa shape index (κ2) is 10.8. The minimum absolute atomic E-state index is 0.0401. The van der Waals surface area contributed by atoms with E-state index in [1.54, 1.807) is 30.3 Å². The van der Waals surface area contributed by atoms with Crippen LogP contribution >= 0.6 is 0 Å². The summed E-state index contributed by atoms with van der Waals surface area (Å²) in [7, 11) is 0. The topological polar surface area (TPSA) is 128 Å². The maximum atomic E-state index is 14.1. The smallest absolute Gasteiger partial charge is 0.281 e. The Labute approximate surface area is 222 Å². The number of hydrazone groups is 1. The van der Waals surface area contributed by atoms with Crippen molar-refractivity contribution in [3.63, 3.8) is 0 Å². The molecule has 0 bridgehead atoms. The molecule has 0 saturated heterocycles. The van der Waals surface area contributed by atoms with Gasteiger partial charge in [0.25, 0.3) is 17.3 Å². The largest absolute Gasteiger partial charge is 0.481 e. The van der Waals surface area contributed by atoms with Gasteiger partial charge in [0.05, 0.1) is 21.6 Å². The number of benzene rings is 3. The summed E-state index contributed by atoms with van der Waals surface area (Å²) in [5, 5.41) is 28.6. The molecule has 0 spiro atoms. The number of hydrogen-bond donors (Lipinski definition) is 0. The summed E-state index contributed by atoms with van der Waals surface area (Å²) in [6.45, 7) is -0.486. The van der Waals surface area contributed by atoms with Crippen molar-refractivity contribution >= 4 is 29.1 Å². The van der Waals surface area contributed by atoms with Crippen molar-refractivity contribution in [2.75, 3.05) is 6.61 Å². The van der Waals surface area contributed by atoms with Crippen LogP contribution in [0.5, 0.6) is 5.75 Å². The number of hydrogen-bond acceptors (Lipinski definition) is 7. The lowest BCUT2D eigenvalue weighted by Gasteiger charge is -2.29. The van der Waals surface area contributed by atoms with Gasteiger partial charge >= 0.3 is 0 Å². The van der Waals surface area contributed by atoms with E-state index >= 15 is 0 Å². The van der Waals surface area contributed by atoms with Crippen molar-refractivity contribution in [2.45, 2.75) is 25.3 Å². The van der Waals surface area contributed by atoms with E-state index in [1.165, 1.54) is 47.5 Å². The lowest BCUT2D eigenvalue weighted by atomic mass is 9.77. The van der Waals surface area contributed by atoms with Gasteiger partial charge in [-0.25, -0.2) is 9.40 Å². The van der Waals surface area contributed by atoms with Crippen LogP contribution in [0.3, 0.4) is 0 Å². The first kappa shape index (κ1) is 25.7. The van der Waals surface area contributed by atoms with Crippen LogP contribution in [0.2, 0.25) is 0 Å². The lowest BCUT2D eigenvalue weighted by Crippen LogP contribution is -2.34. The van der Waals surface area contributed by atoms with Gasteiger partial charge in [0.15, 0.2) is 18.2 Å². The molecule has 1 aliphatic heterocycles. The van der Waals surface area contributed by atoms with E-state index in [2.05, 4.69) is 5.10 Å². The molecule has 2 aliphatic rings. The van der Waals surface area contributed by atoms with Crippen molar-refractivity contribution in [1.29, 1.82) is 0 Å². The zero-order valence-corrected chi connectivity index (χ0v) is 20.6. The number of nitro groups is 2. The number of allylic oxidation sites excluding steroid dienone is 1. The van der Waals surface area contributed by atoms with E-state index in [4.69, 9.17) is 4.74 Å². The Morgan fingerprint density at radius 1 is 1.03 bits per heavy atom. The Morgan fingerprint density at radius 3 is 2.49 bits per heavy atom. The van der Waals surface area contributed by atoms with Gasteiger partial charge in [-0.15, -0.1) is 0 Å². The summed E-state index contributed by atoms with van der Waals surface area (Å²) in [4.78, 5) is 35.2. The number of amides is 1. The Kier molecular flexibility index (Phi) is 7.13. The van der Waals surface area contributed by atoms with E-state index in [1.807, 2.05) is 6.08 Å². The number of carbonyl (C=O) groups excluding carboxylic acids is 1. The summed E-state index contributed by atoms with van der Waals surface area (Å²) in [6, 6.07) is 17.4. The molecular formula is C28H23FN4O6. The molecule has 198 valence electrons. The van der Waals surface area contributed by atoms with Crippen LogP contribution in [-0.2, 0) is 4.79 Å². The highest BCUT2D eigenvalue weighted by molar-refractivity contribution is 6.08. The van der Waals surface area contributed by atoms with E-state index in [-0.39, 0.29) is 23.0 Å². The molecule has 3 aromatic carbocycles. The normalized spacial score (nSPS) is 19.4. The molecular weight excluding hydrogens is 507 g/mol. The van der Waals surface area contributed by atoms with Crippen molar-refractivity contribution in [3.05, 3.63) is 116 Å². The Bertz CT molecular complexity index is 1520. The fourth-order valence-corrected chi connectivity index (χ4v) is 5.06. The molecule has 0 aromatic heterocycles. The van der Waals surface area contributed by atoms with Crippen molar-refractivity contribution in [3.8, 4) is 5.75 Å². The number of rotatable bonds is 7. The summed E-state index contributed by atoms with van der Waals surface area (Å²) < 4.78 is 19.5. The third kappa shape index (κ3) is 5.37. The Hall–Kier alpha value is -4.93. The van der Waals surface area contributed by atoms with Crippen molar-refractivity contribution in [2.24, 2.45) is 11.0 Å². The molecule has 3 aromatic rings. The van der Waals surface area contributed by atoms with Gasteiger partial charge in [0, 0.05) is 30.2 Å². The SMILES string of the molecule is O=C(COc1ccccc1F)N1N=C2/C(=C/c3cccc([N+](=O)[O-])c3)CCC[C@H]2[C@@H]1c1cccc([N+](=O)[O-])c1. The van der Waals surface area contributed by atoms with Crippen LogP contribution in [0.4, 0.5) is 15.8 Å². The van der Waals surface area contributed by atoms with Gasteiger partial charge in [-0.3, -0.25) is 25.0 Å². The molecule has 1 fully saturated rings. The zero-order valence-electron chi connectivity index (χ0n) is 20.6. The highest BCUT2D eigenvalue weighted by Crippen LogP contribution is 2.45. The third-order valence-corrected chi connectivity index (χ3v) is 6.79. The number of fused-ring (bicyclic) bond motifs is 1. The molecule has 1 aliphatic carbocycles. The second-order valence-electron chi connectivity index (χ2n) is 9.26. The Morgan fingerprint density at radius 2 is 1.74 bits per heavy atom. The number of para-hydroxylation sites is 1. The highest BCUT2D eigenvalue weighted by Gasteiger charge is 2.44. The van der Waals surface area contributed by atoms with E-state index < -0.39 is 34.2 Å². The molecule has 1 amide bonds. The molecule has 39 heavy (non-hydrogen) atoms. The number of carbonyl (C=O) groups is 1. The standard InChI is InChI=1S/C28H23FN4O6/c29-24-12-1-2-13-25(24)39-17-26(34)31-28(20-8-4-10-22(16-20)33(37)38)23-11-5-7-19(27(23)30-31)14-18-6-3-9-21(15-18)32(35)36/h1-4,6,8-10,12-16,23,28H,5,7,11,17H2/b19-14+/t23-,28+/m1/s1. The average Bonchev–Trinajstić information content (AvgIpc) is 3.33. The fourth-order valence-electron chi connectivity index (χ4n) is 5.06. The maximum absolute atomic E-state index is 14.1. The third-order valence-electron chi connectivity index (χ3n) is 6.79. The van der Waals surface area contributed by atoms with Crippen LogP contribution in [-0.4, -0.2) is 33.1 Å². The molecule has 0 unspecified atom stereocenters. The summed E-state index contributed by atoms with van der Waals surface area (Å²) in [5.74, 6) is -1.48. The maximum Gasteiger partial charge on any atom is 0.281 e. The van der Waals surface area contributed by atoms with Crippen LogP contribution in [0, 0.1) is 32.0 Å². The minimum Gasteiger partial charge on any atom is -0.481 e. The predicted octanol–water partition coefficient (Wildman–Crippen LogP) is 5.84. The molecule has 5 rings (SSSR count).